The first-order valence-corrected chi connectivity index (χ1v) is 4.05. The van der Waals surface area contributed by atoms with Crippen molar-refractivity contribution < 1.29 is 4.84 Å². The second-order valence-corrected chi connectivity index (χ2v) is 2.63. The van der Waals surface area contributed by atoms with E-state index in [1.165, 1.54) is 0 Å². The van der Waals surface area contributed by atoms with Crippen molar-refractivity contribution in [3.63, 3.8) is 0 Å². The molecule has 0 fully saturated rings. The van der Waals surface area contributed by atoms with E-state index in [0.717, 1.165) is 5.71 Å². The van der Waals surface area contributed by atoms with Crippen LogP contribution in [-0.2, 0) is 4.84 Å². The molecule has 68 valence electrons. The van der Waals surface area contributed by atoms with E-state index >= 15 is 0 Å². The summed E-state index contributed by atoms with van der Waals surface area (Å²) in [6.07, 6.45) is 0. The Bertz CT molecular complexity index is 198. The van der Waals surface area contributed by atoms with E-state index in [-0.39, 0.29) is 0 Å². The van der Waals surface area contributed by atoms with Crippen LogP contribution < -0.4 is 5.73 Å². The number of nitrogens with zero attached hydrogens (tertiary/aromatic N) is 1. The molecule has 0 heterocycles. The Kier molecular flexibility index (Phi) is 6.12. The average molecular weight is 168 g/mol. The monoisotopic (exact) mass is 168 g/mol. The number of hydrogen-bond donors (Lipinski definition) is 1. The van der Waals surface area contributed by atoms with Gasteiger partial charge in [0, 0.05) is 12.5 Å². The molecule has 0 aromatic heterocycles. The summed E-state index contributed by atoms with van der Waals surface area (Å²) >= 11 is 0. The van der Waals surface area contributed by atoms with Gasteiger partial charge >= 0.3 is 0 Å². The summed E-state index contributed by atoms with van der Waals surface area (Å²) in [4.78, 5) is 4.92. The van der Waals surface area contributed by atoms with Crippen LogP contribution in [0.3, 0.4) is 0 Å². The van der Waals surface area contributed by atoms with Gasteiger partial charge in [0.2, 0.25) is 0 Å². The predicted molar refractivity (Wildman–Crippen MR) is 50.7 cm³/mol. The molecule has 3 heteroatoms. The van der Waals surface area contributed by atoms with Crippen LogP contribution in [-0.4, -0.2) is 18.9 Å². The second kappa shape index (κ2) is 6.68. The first-order valence-electron chi connectivity index (χ1n) is 4.05. The SMILES string of the molecule is CC#C/C(=N\OCCN)C(C)C. The normalized spacial score (nSPS) is 10.9. The molecule has 3 nitrogen and oxygen atoms in total. The average Bonchev–Trinajstić information content (AvgIpc) is 2.03. The Balaban J connectivity index is 4.06. The van der Waals surface area contributed by atoms with Gasteiger partial charge in [-0.2, -0.15) is 0 Å². The minimum absolute atomic E-state index is 0.301. The Hall–Kier alpha value is -1.01. The van der Waals surface area contributed by atoms with E-state index in [2.05, 4.69) is 17.0 Å². The zero-order chi connectivity index (χ0) is 9.40. The zero-order valence-corrected chi connectivity index (χ0v) is 7.92. The molecule has 0 saturated carbocycles. The molecule has 0 aromatic carbocycles. The molecule has 0 atom stereocenters. The van der Waals surface area contributed by atoms with Crippen LogP contribution in [0.5, 0.6) is 0 Å². The van der Waals surface area contributed by atoms with Gasteiger partial charge < -0.3 is 10.6 Å². The largest absolute Gasteiger partial charge is 0.394 e. The fraction of sp³-hybridized carbons (Fsp3) is 0.667. The van der Waals surface area contributed by atoms with Crippen molar-refractivity contribution in [1.29, 1.82) is 0 Å². The van der Waals surface area contributed by atoms with Crippen molar-refractivity contribution in [2.24, 2.45) is 16.8 Å². The Morgan fingerprint density at radius 1 is 1.58 bits per heavy atom. The lowest BCUT2D eigenvalue weighted by Crippen LogP contribution is -2.09. The highest BCUT2D eigenvalue weighted by atomic mass is 16.6. The van der Waals surface area contributed by atoms with Gasteiger partial charge in [-0.1, -0.05) is 24.9 Å². The fourth-order valence-electron chi connectivity index (χ4n) is 0.569. The van der Waals surface area contributed by atoms with Gasteiger partial charge in [0.25, 0.3) is 0 Å². The molecule has 0 rings (SSSR count). The van der Waals surface area contributed by atoms with Crippen molar-refractivity contribution in [2.75, 3.05) is 13.2 Å². The zero-order valence-electron chi connectivity index (χ0n) is 7.92. The van der Waals surface area contributed by atoms with Gasteiger partial charge in [-0.15, -0.1) is 0 Å². The van der Waals surface area contributed by atoms with Crippen LogP contribution >= 0.6 is 0 Å². The highest BCUT2D eigenvalue weighted by Gasteiger charge is 2.01. The molecule has 0 bridgehead atoms. The van der Waals surface area contributed by atoms with Gasteiger partial charge in [-0.05, 0) is 12.8 Å². The number of oxime groups is 1. The van der Waals surface area contributed by atoms with Gasteiger partial charge in [-0.3, -0.25) is 0 Å². The van der Waals surface area contributed by atoms with Crippen molar-refractivity contribution in [3.05, 3.63) is 0 Å². The summed E-state index contributed by atoms with van der Waals surface area (Å²) in [6, 6.07) is 0. The van der Waals surface area contributed by atoms with Gasteiger partial charge in [-0.25, -0.2) is 0 Å². The first kappa shape index (κ1) is 11.0. The molecule has 0 aliphatic carbocycles. The molecule has 0 amide bonds. The Labute approximate surface area is 74.0 Å². The molecule has 0 spiro atoms. The van der Waals surface area contributed by atoms with Crippen LogP contribution in [0.25, 0.3) is 0 Å². The highest BCUT2D eigenvalue weighted by molar-refractivity contribution is 6.01. The van der Waals surface area contributed by atoms with Gasteiger partial charge in [0.15, 0.2) is 0 Å². The van der Waals surface area contributed by atoms with Crippen LogP contribution in [0, 0.1) is 17.8 Å². The maximum atomic E-state index is 5.23. The summed E-state index contributed by atoms with van der Waals surface area (Å²) < 4.78 is 0. The van der Waals surface area contributed by atoms with Crippen molar-refractivity contribution >= 4 is 5.71 Å². The lowest BCUT2D eigenvalue weighted by atomic mass is 10.1. The summed E-state index contributed by atoms with van der Waals surface area (Å²) in [5.41, 5.74) is 6.00. The Morgan fingerprint density at radius 3 is 2.67 bits per heavy atom. The van der Waals surface area contributed by atoms with Crippen LogP contribution in [0.1, 0.15) is 20.8 Å². The molecule has 12 heavy (non-hydrogen) atoms. The first-order chi connectivity index (χ1) is 5.72. The van der Waals surface area contributed by atoms with E-state index in [4.69, 9.17) is 10.6 Å². The standard InChI is InChI=1S/C9H16N2O/c1-4-5-9(8(2)3)11-12-7-6-10/h8H,6-7,10H2,1-3H3/b11-9+. The smallest absolute Gasteiger partial charge is 0.132 e. The maximum absolute atomic E-state index is 5.23. The van der Waals surface area contributed by atoms with Crippen LogP contribution in [0.15, 0.2) is 5.16 Å². The summed E-state index contributed by atoms with van der Waals surface area (Å²) in [7, 11) is 0. The quantitative estimate of drug-likeness (QED) is 0.294. The number of nitrogens with two attached hydrogens (primary N) is 1. The summed E-state index contributed by atoms with van der Waals surface area (Å²) in [5.74, 6) is 5.96. The molecule has 2 N–H and O–H groups in total. The lowest BCUT2D eigenvalue weighted by Gasteiger charge is -2.02. The van der Waals surface area contributed by atoms with Crippen molar-refractivity contribution in [2.45, 2.75) is 20.8 Å². The van der Waals surface area contributed by atoms with Crippen LogP contribution in [0.2, 0.25) is 0 Å². The fourth-order valence-corrected chi connectivity index (χ4v) is 0.569. The maximum Gasteiger partial charge on any atom is 0.132 e. The molecule has 0 unspecified atom stereocenters. The lowest BCUT2D eigenvalue weighted by molar-refractivity contribution is 0.151. The van der Waals surface area contributed by atoms with Gasteiger partial charge in [0.05, 0.1) is 0 Å². The third-order valence-corrected chi connectivity index (χ3v) is 1.17. The topological polar surface area (TPSA) is 47.6 Å². The molecular weight excluding hydrogens is 152 g/mol. The highest BCUT2D eigenvalue weighted by Crippen LogP contribution is 1.96. The minimum Gasteiger partial charge on any atom is -0.394 e. The molecule has 0 aliphatic heterocycles. The van der Waals surface area contributed by atoms with Gasteiger partial charge in [0.1, 0.15) is 12.3 Å². The molecule has 0 aliphatic rings. The molecule has 0 radical (unpaired) electrons. The molecular formula is C9H16N2O. The molecule has 0 aromatic rings. The number of rotatable bonds is 4. The van der Waals surface area contributed by atoms with Crippen molar-refractivity contribution in [1.82, 2.24) is 0 Å². The van der Waals surface area contributed by atoms with Crippen molar-refractivity contribution in [3.8, 4) is 11.8 Å². The van der Waals surface area contributed by atoms with E-state index in [1.807, 2.05) is 13.8 Å². The molecule has 0 saturated heterocycles. The number of hydrogen-bond acceptors (Lipinski definition) is 3. The van der Waals surface area contributed by atoms with E-state index in [1.54, 1.807) is 6.92 Å². The Morgan fingerprint density at radius 2 is 2.25 bits per heavy atom. The predicted octanol–water partition coefficient (Wildman–Crippen LogP) is 0.997. The third-order valence-electron chi connectivity index (χ3n) is 1.17. The third kappa shape index (κ3) is 4.75. The van der Waals surface area contributed by atoms with E-state index < -0.39 is 0 Å². The minimum atomic E-state index is 0.301. The second-order valence-electron chi connectivity index (χ2n) is 2.63. The summed E-state index contributed by atoms with van der Waals surface area (Å²) in [5, 5.41) is 3.87. The van der Waals surface area contributed by atoms with Crippen LogP contribution in [0.4, 0.5) is 0 Å². The summed E-state index contributed by atoms with van der Waals surface area (Å²) in [6.45, 7) is 6.75. The van der Waals surface area contributed by atoms with E-state index in [0.29, 0.717) is 19.1 Å². The van der Waals surface area contributed by atoms with E-state index in [9.17, 15) is 0 Å².